The number of nitrogens with zero attached hydrogens (tertiary/aromatic N) is 1. The first-order valence-corrected chi connectivity index (χ1v) is 18.5. The molecule has 9 aromatic carbocycles. The van der Waals surface area contributed by atoms with E-state index >= 15 is 0 Å². The molecular formula is C52H34FNO. The highest BCUT2D eigenvalue weighted by Gasteiger charge is 2.22. The van der Waals surface area contributed by atoms with Crippen molar-refractivity contribution >= 4 is 49.8 Å². The molecule has 0 unspecified atom stereocenters. The first-order chi connectivity index (χ1) is 27.2. The van der Waals surface area contributed by atoms with E-state index in [1.54, 1.807) is 12.1 Å². The summed E-state index contributed by atoms with van der Waals surface area (Å²) in [6.45, 7) is 0. The summed E-state index contributed by atoms with van der Waals surface area (Å²) in [5, 5.41) is 4.46. The lowest BCUT2D eigenvalue weighted by Gasteiger charge is -2.27. The van der Waals surface area contributed by atoms with Crippen molar-refractivity contribution in [3.05, 3.63) is 212 Å². The molecule has 0 spiro atoms. The number of hydrogen-bond acceptors (Lipinski definition) is 2. The number of fused-ring (bicyclic) bond motifs is 4. The first-order valence-electron chi connectivity index (χ1n) is 18.5. The molecule has 0 saturated heterocycles. The Balaban J connectivity index is 1.20. The Morgan fingerprint density at radius 2 is 0.873 bits per heavy atom. The number of hydrogen-bond donors (Lipinski definition) is 0. The van der Waals surface area contributed by atoms with E-state index < -0.39 is 0 Å². The van der Waals surface area contributed by atoms with E-state index in [9.17, 15) is 4.39 Å². The number of furan rings is 1. The van der Waals surface area contributed by atoms with Gasteiger partial charge in [-0.25, -0.2) is 4.39 Å². The van der Waals surface area contributed by atoms with Crippen molar-refractivity contribution in [3.8, 4) is 44.5 Å². The number of para-hydroxylation sites is 2. The van der Waals surface area contributed by atoms with Crippen LogP contribution in [0.2, 0.25) is 0 Å². The van der Waals surface area contributed by atoms with E-state index in [0.717, 1.165) is 77.9 Å². The van der Waals surface area contributed by atoms with Gasteiger partial charge in [-0.05, 0) is 92.2 Å². The van der Waals surface area contributed by atoms with Crippen LogP contribution in [0.15, 0.2) is 211 Å². The summed E-state index contributed by atoms with van der Waals surface area (Å²) in [5.41, 5.74) is 13.2. The van der Waals surface area contributed by atoms with Crippen molar-refractivity contribution in [3.63, 3.8) is 0 Å². The van der Waals surface area contributed by atoms with Crippen molar-refractivity contribution < 1.29 is 8.81 Å². The fourth-order valence-electron chi connectivity index (χ4n) is 7.93. The molecular weight excluding hydrogens is 674 g/mol. The van der Waals surface area contributed by atoms with Crippen molar-refractivity contribution in [2.45, 2.75) is 0 Å². The van der Waals surface area contributed by atoms with Crippen molar-refractivity contribution in [2.24, 2.45) is 0 Å². The van der Waals surface area contributed by atoms with Gasteiger partial charge in [0, 0.05) is 27.7 Å². The Morgan fingerprint density at radius 1 is 0.345 bits per heavy atom. The van der Waals surface area contributed by atoms with Crippen LogP contribution in [-0.4, -0.2) is 0 Å². The Hall–Kier alpha value is -7.23. The van der Waals surface area contributed by atoms with Crippen LogP contribution < -0.4 is 4.90 Å². The molecule has 10 aromatic rings. The fraction of sp³-hybridized carbons (Fsp3) is 0. The third-order valence-electron chi connectivity index (χ3n) is 10.6. The van der Waals surface area contributed by atoms with E-state index in [1.807, 2.05) is 12.1 Å². The number of rotatable bonds is 7. The summed E-state index contributed by atoms with van der Waals surface area (Å²) >= 11 is 0. The largest absolute Gasteiger partial charge is 0.453 e. The lowest BCUT2D eigenvalue weighted by Crippen LogP contribution is -2.10. The van der Waals surface area contributed by atoms with Crippen LogP contribution in [-0.2, 0) is 0 Å². The van der Waals surface area contributed by atoms with Crippen LogP contribution in [0.25, 0.3) is 77.2 Å². The summed E-state index contributed by atoms with van der Waals surface area (Å²) in [4.78, 5) is 2.30. The smallest absolute Gasteiger partial charge is 0.159 e. The second-order valence-electron chi connectivity index (χ2n) is 13.8. The zero-order valence-electron chi connectivity index (χ0n) is 29.9. The summed E-state index contributed by atoms with van der Waals surface area (Å²) in [6, 6.07) is 70.9. The molecule has 2 nitrogen and oxygen atoms in total. The van der Waals surface area contributed by atoms with Crippen LogP contribution >= 0.6 is 0 Å². The highest BCUT2D eigenvalue weighted by atomic mass is 19.1. The molecule has 0 N–H and O–H groups in total. The summed E-state index contributed by atoms with van der Waals surface area (Å²) in [7, 11) is 0. The number of benzene rings is 9. The van der Waals surface area contributed by atoms with Gasteiger partial charge in [0.15, 0.2) is 5.58 Å². The van der Waals surface area contributed by atoms with Gasteiger partial charge in [0.05, 0.1) is 5.69 Å². The summed E-state index contributed by atoms with van der Waals surface area (Å²) in [5.74, 6) is -0.266. The van der Waals surface area contributed by atoms with Gasteiger partial charge in [-0.2, -0.15) is 0 Å². The van der Waals surface area contributed by atoms with Crippen LogP contribution in [0.5, 0.6) is 0 Å². The second-order valence-corrected chi connectivity index (χ2v) is 13.8. The quantitative estimate of drug-likeness (QED) is 0.164. The number of halogens is 1. The van der Waals surface area contributed by atoms with Crippen molar-refractivity contribution in [2.75, 3.05) is 4.90 Å². The van der Waals surface area contributed by atoms with Gasteiger partial charge in [0.25, 0.3) is 0 Å². The van der Waals surface area contributed by atoms with E-state index in [1.165, 1.54) is 28.5 Å². The van der Waals surface area contributed by atoms with E-state index in [2.05, 4.69) is 175 Å². The van der Waals surface area contributed by atoms with E-state index in [0.29, 0.717) is 0 Å². The Morgan fingerprint density at radius 3 is 1.64 bits per heavy atom. The van der Waals surface area contributed by atoms with Gasteiger partial charge >= 0.3 is 0 Å². The molecule has 0 fully saturated rings. The van der Waals surface area contributed by atoms with Gasteiger partial charge < -0.3 is 9.32 Å². The van der Waals surface area contributed by atoms with Gasteiger partial charge in [-0.15, -0.1) is 0 Å². The molecule has 0 bridgehead atoms. The molecule has 1 aromatic heterocycles. The minimum absolute atomic E-state index is 0.266. The fourth-order valence-corrected chi connectivity index (χ4v) is 7.93. The molecule has 0 saturated carbocycles. The SMILES string of the molecule is Fc1ccc(-c2cccc3c2oc2c(N(c4ccc(-c5cccc6ccccc56)cc4)c4ccc(-c5ccccc5)c(-c5ccccc5)c4)cccc23)cc1. The Bertz CT molecular complexity index is 2960. The number of anilines is 3. The zero-order chi connectivity index (χ0) is 36.7. The Kier molecular flexibility index (Phi) is 8.04. The lowest BCUT2D eigenvalue weighted by molar-refractivity contribution is 0.628. The van der Waals surface area contributed by atoms with E-state index in [-0.39, 0.29) is 5.82 Å². The van der Waals surface area contributed by atoms with Crippen LogP contribution in [0.1, 0.15) is 0 Å². The van der Waals surface area contributed by atoms with Crippen LogP contribution in [0.3, 0.4) is 0 Å². The normalized spacial score (nSPS) is 11.4. The molecule has 260 valence electrons. The molecule has 0 aliphatic rings. The standard InChI is InChI=1S/C52H34FNO/c53-40-28-24-39(25-29-40)46-20-10-21-47-48-22-11-23-50(52(48)55-51(46)47)54(41-30-26-38(27-31-41)44-19-9-17-36-16-7-8-18-43(36)44)42-32-33-45(35-12-3-1-4-13-35)49(34-42)37-14-5-2-6-15-37/h1-34H. The third kappa shape index (κ3) is 5.83. The minimum Gasteiger partial charge on any atom is -0.453 e. The highest BCUT2D eigenvalue weighted by Crippen LogP contribution is 2.46. The first kappa shape index (κ1) is 32.4. The molecule has 0 amide bonds. The van der Waals surface area contributed by atoms with Crippen LogP contribution in [0.4, 0.5) is 21.5 Å². The van der Waals surface area contributed by atoms with Gasteiger partial charge in [-0.3, -0.25) is 0 Å². The van der Waals surface area contributed by atoms with E-state index in [4.69, 9.17) is 4.42 Å². The minimum atomic E-state index is -0.266. The predicted octanol–water partition coefficient (Wildman–Crippen LogP) is 15.0. The van der Waals surface area contributed by atoms with Crippen LogP contribution in [0, 0.1) is 5.82 Å². The molecule has 1 heterocycles. The predicted molar refractivity (Wildman–Crippen MR) is 228 cm³/mol. The lowest BCUT2D eigenvalue weighted by atomic mass is 9.93. The Labute approximate surface area is 319 Å². The monoisotopic (exact) mass is 707 g/mol. The van der Waals surface area contributed by atoms with Gasteiger partial charge in [0.1, 0.15) is 11.4 Å². The second kappa shape index (κ2) is 13.6. The maximum absolute atomic E-state index is 14.0. The average molecular weight is 708 g/mol. The third-order valence-corrected chi connectivity index (χ3v) is 10.6. The average Bonchev–Trinajstić information content (AvgIpc) is 3.65. The summed E-state index contributed by atoms with van der Waals surface area (Å²) in [6.07, 6.45) is 0. The highest BCUT2D eigenvalue weighted by molar-refractivity contribution is 6.13. The summed E-state index contributed by atoms with van der Waals surface area (Å²) < 4.78 is 20.9. The van der Waals surface area contributed by atoms with Gasteiger partial charge in [0.2, 0.25) is 0 Å². The van der Waals surface area contributed by atoms with Crippen molar-refractivity contribution in [1.29, 1.82) is 0 Å². The zero-order valence-corrected chi connectivity index (χ0v) is 29.9. The topological polar surface area (TPSA) is 16.4 Å². The molecule has 0 atom stereocenters. The maximum Gasteiger partial charge on any atom is 0.159 e. The van der Waals surface area contributed by atoms with Gasteiger partial charge in [-0.1, -0.05) is 164 Å². The molecule has 0 aliphatic heterocycles. The van der Waals surface area contributed by atoms with Crippen molar-refractivity contribution in [1.82, 2.24) is 0 Å². The maximum atomic E-state index is 14.0. The molecule has 3 heteroatoms. The molecule has 0 radical (unpaired) electrons. The molecule has 0 aliphatic carbocycles. The molecule has 55 heavy (non-hydrogen) atoms. The molecule has 10 rings (SSSR count).